The van der Waals surface area contributed by atoms with Gasteiger partial charge in [-0.1, -0.05) is 76.6 Å². The number of Topliss-reactive ketones (excluding diaryl/α,β-unsaturated/α-hetero) is 1. The van der Waals surface area contributed by atoms with Crippen LogP contribution in [0.2, 0.25) is 0 Å². The monoisotopic (exact) mass is 602 g/mol. The lowest BCUT2D eigenvalue weighted by Gasteiger charge is -2.41. The second-order valence-corrected chi connectivity index (χ2v) is 11.1. The standard InChI is InChI=1S/C31H39BrO7/c1-20(2)31(3,4)29(34)27(37-19-21-12-8-6-9-13-21)24(33)16-23-17-25(36-5)28(26(18-32)38-23)39-30(35)22-14-10-7-11-15-22/h6-15,23-28,33H,1,16-19H2,2-5H3/t23-,24+,25-,26-,27+,28+/m1/s1. The van der Waals surface area contributed by atoms with Crippen LogP contribution in [0.5, 0.6) is 0 Å². The lowest BCUT2D eigenvalue weighted by molar-refractivity contribution is -0.182. The van der Waals surface area contributed by atoms with Gasteiger partial charge in [0.1, 0.15) is 12.2 Å². The number of allylic oxidation sites excluding steroid dienone is 1. The van der Waals surface area contributed by atoms with Gasteiger partial charge in [0.25, 0.3) is 0 Å². The van der Waals surface area contributed by atoms with Gasteiger partial charge in [0.15, 0.2) is 11.9 Å². The maximum Gasteiger partial charge on any atom is 0.338 e. The average Bonchev–Trinajstić information content (AvgIpc) is 2.94. The summed E-state index contributed by atoms with van der Waals surface area (Å²) in [5.41, 5.74) is 1.13. The van der Waals surface area contributed by atoms with Crippen LogP contribution in [-0.2, 0) is 30.3 Å². The Bertz CT molecular complexity index is 1070. The molecule has 0 unspecified atom stereocenters. The first kappa shape index (κ1) is 31.2. The summed E-state index contributed by atoms with van der Waals surface area (Å²) in [7, 11) is 1.56. The van der Waals surface area contributed by atoms with E-state index in [1.54, 1.807) is 52.1 Å². The molecular formula is C31H39BrO7. The van der Waals surface area contributed by atoms with Gasteiger partial charge in [0.05, 0.1) is 30.5 Å². The summed E-state index contributed by atoms with van der Waals surface area (Å²) in [6.45, 7) is 9.51. The molecule has 0 radical (unpaired) electrons. The Kier molecular flexibility index (Phi) is 11.4. The number of hydrogen-bond acceptors (Lipinski definition) is 7. The first-order chi connectivity index (χ1) is 18.6. The third-order valence-corrected chi connectivity index (χ3v) is 8.01. The number of aliphatic hydroxyl groups is 1. The topological polar surface area (TPSA) is 91.3 Å². The Morgan fingerprint density at radius 1 is 1.13 bits per heavy atom. The quantitative estimate of drug-likeness (QED) is 0.189. The van der Waals surface area contributed by atoms with Crippen LogP contribution in [-0.4, -0.2) is 65.9 Å². The van der Waals surface area contributed by atoms with Crippen LogP contribution < -0.4 is 0 Å². The van der Waals surface area contributed by atoms with Crippen molar-refractivity contribution in [2.45, 2.75) is 76.8 Å². The van der Waals surface area contributed by atoms with Crippen LogP contribution in [0.4, 0.5) is 0 Å². The number of rotatable bonds is 13. The molecule has 0 bridgehead atoms. The Balaban J connectivity index is 1.74. The molecule has 1 fully saturated rings. The van der Waals surface area contributed by atoms with Crippen molar-refractivity contribution in [3.63, 3.8) is 0 Å². The molecule has 3 rings (SSSR count). The molecule has 0 amide bonds. The fourth-order valence-corrected chi connectivity index (χ4v) is 5.04. The van der Waals surface area contributed by atoms with Crippen LogP contribution in [0.15, 0.2) is 72.8 Å². The molecule has 0 aromatic heterocycles. The number of carbonyl (C=O) groups is 2. The number of alkyl halides is 1. The predicted molar refractivity (Wildman–Crippen MR) is 153 cm³/mol. The number of hydrogen-bond donors (Lipinski definition) is 1. The van der Waals surface area contributed by atoms with Gasteiger partial charge in [-0.15, -0.1) is 0 Å². The van der Waals surface area contributed by atoms with Crippen molar-refractivity contribution in [2.24, 2.45) is 5.41 Å². The summed E-state index contributed by atoms with van der Waals surface area (Å²) in [5.74, 6) is -0.707. The molecule has 6 atom stereocenters. The fraction of sp³-hybridized carbons (Fsp3) is 0.484. The van der Waals surface area contributed by atoms with Crippen molar-refractivity contribution >= 4 is 27.7 Å². The summed E-state index contributed by atoms with van der Waals surface area (Å²) in [5, 5.41) is 11.7. The molecule has 2 aromatic carbocycles. The van der Waals surface area contributed by atoms with E-state index in [1.165, 1.54) is 0 Å². The van der Waals surface area contributed by atoms with Gasteiger partial charge >= 0.3 is 5.97 Å². The summed E-state index contributed by atoms with van der Waals surface area (Å²) >= 11 is 3.47. The molecule has 212 valence electrons. The highest BCUT2D eigenvalue weighted by atomic mass is 79.9. The van der Waals surface area contributed by atoms with Crippen LogP contribution in [0.25, 0.3) is 0 Å². The zero-order chi connectivity index (χ0) is 28.6. The Morgan fingerprint density at radius 2 is 1.74 bits per heavy atom. The largest absolute Gasteiger partial charge is 0.453 e. The van der Waals surface area contributed by atoms with Crippen LogP contribution >= 0.6 is 15.9 Å². The van der Waals surface area contributed by atoms with E-state index >= 15 is 0 Å². The highest BCUT2D eigenvalue weighted by molar-refractivity contribution is 9.09. The molecule has 7 nitrogen and oxygen atoms in total. The molecule has 0 aliphatic carbocycles. The van der Waals surface area contributed by atoms with E-state index in [1.807, 2.05) is 36.4 Å². The van der Waals surface area contributed by atoms with E-state index in [0.29, 0.717) is 22.9 Å². The predicted octanol–water partition coefficient (Wildman–Crippen LogP) is 5.29. The zero-order valence-corrected chi connectivity index (χ0v) is 24.6. The number of aliphatic hydroxyl groups excluding tert-OH is 1. The van der Waals surface area contributed by atoms with Crippen molar-refractivity contribution in [1.82, 2.24) is 0 Å². The second kappa shape index (κ2) is 14.3. The molecule has 1 heterocycles. The number of benzene rings is 2. The summed E-state index contributed by atoms with van der Waals surface area (Å²) in [6, 6.07) is 18.3. The van der Waals surface area contributed by atoms with Crippen LogP contribution in [0, 0.1) is 5.41 Å². The maximum atomic E-state index is 13.6. The lowest BCUT2D eigenvalue weighted by atomic mass is 9.77. The number of halogens is 1. The normalized spacial score (nSPS) is 23.0. The zero-order valence-electron chi connectivity index (χ0n) is 23.0. The number of ether oxygens (including phenoxy) is 4. The van der Waals surface area contributed by atoms with Gasteiger partial charge in [-0.05, 0) is 38.5 Å². The third kappa shape index (κ3) is 8.08. The van der Waals surface area contributed by atoms with Crippen molar-refractivity contribution in [2.75, 3.05) is 12.4 Å². The molecule has 1 aliphatic heterocycles. The second-order valence-electron chi connectivity index (χ2n) is 10.5. The first-order valence-electron chi connectivity index (χ1n) is 13.1. The van der Waals surface area contributed by atoms with E-state index in [9.17, 15) is 14.7 Å². The van der Waals surface area contributed by atoms with Crippen LogP contribution in [0.3, 0.4) is 0 Å². The highest BCUT2D eigenvalue weighted by Gasteiger charge is 2.44. The van der Waals surface area contributed by atoms with E-state index in [-0.39, 0.29) is 18.8 Å². The van der Waals surface area contributed by atoms with Gasteiger partial charge in [-0.25, -0.2) is 4.79 Å². The first-order valence-corrected chi connectivity index (χ1v) is 14.2. The Labute approximate surface area is 239 Å². The van der Waals surface area contributed by atoms with E-state index < -0.39 is 48.0 Å². The average molecular weight is 604 g/mol. The van der Waals surface area contributed by atoms with E-state index in [0.717, 1.165) is 5.56 Å². The molecule has 0 spiro atoms. The van der Waals surface area contributed by atoms with Crippen molar-refractivity contribution in [3.05, 3.63) is 83.9 Å². The molecule has 8 heteroatoms. The summed E-state index contributed by atoms with van der Waals surface area (Å²) in [6.07, 6.45) is -3.79. The Hall–Kier alpha value is -2.36. The number of esters is 1. The molecule has 1 N–H and O–H groups in total. The Morgan fingerprint density at radius 3 is 2.31 bits per heavy atom. The van der Waals surface area contributed by atoms with Crippen LogP contribution in [0.1, 0.15) is 49.5 Å². The lowest BCUT2D eigenvalue weighted by Crippen LogP contribution is -2.53. The molecular weight excluding hydrogens is 564 g/mol. The van der Waals surface area contributed by atoms with Gasteiger partial charge in [-0.3, -0.25) is 4.79 Å². The minimum atomic E-state index is -1.14. The van der Waals surface area contributed by atoms with E-state index in [2.05, 4.69) is 22.5 Å². The highest BCUT2D eigenvalue weighted by Crippen LogP contribution is 2.33. The molecule has 1 saturated heterocycles. The van der Waals surface area contributed by atoms with E-state index in [4.69, 9.17) is 18.9 Å². The maximum absolute atomic E-state index is 13.6. The third-order valence-electron chi connectivity index (χ3n) is 7.37. The van der Waals surface area contributed by atoms with Gasteiger partial charge in [-0.2, -0.15) is 0 Å². The summed E-state index contributed by atoms with van der Waals surface area (Å²) in [4.78, 5) is 26.3. The molecule has 39 heavy (non-hydrogen) atoms. The fourth-order valence-electron chi connectivity index (χ4n) is 4.52. The molecule has 2 aromatic rings. The summed E-state index contributed by atoms with van der Waals surface area (Å²) < 4.78 is 23.8. The minimum Gasteiger partial charge on any atom is -0.453 e. The van der Waals surface area contributed by atoms with Crippen molar-refractivity contribution in [3.8, 4) is 0 Å². The van der Waals surface area contributed by atoms with Gasteiger partial charge in [0.2, 0.25) is 0 Å². The van der Waals surface area contributed by atoms with Gasteiger partial charge in [0, 0.05) is 30.7 Å². The smallest absolute Gasteiger partial charge is 0.338 e. The number of methoxy groups -OCH3 is 1. The SMILES string of the molecule is C=C(C)C(C)(C)C(=O)[C@@H](OCc1ccccc1)[C@@H](O)C[C@@H]1C[C@@H](OC)[C@H](OC(=O)c2ccccc2)[C@@H](CBr)O1. The van der Waals surface area contributed by atoms with Gasteiger partial charge < -0.3 is 24.1 Å². The number of ketones is 1. The number of carbonyl (C=O) groups excluding carboxylic acids is 2. The molecule has 0 saturated carbocycles. The van der Waals surface area contributed by atoms with Crippen molar-refractivity contribution < 1.29 is 33.6 Å². The minimum absolute atomic E-state index is 0.139. The van der Waals surface area contributed by atoms with Crippen molar-refractivity contribution in [1.29, 1.82) is 0 Å². The molecule has 1 aliphatic rings.